The molecule has 1 N–H and O–H groups in total. The quantitative estimate of drug-likeness (QED) is 0.835. The molecule has 0 bridgehead atoms. The molecule has 2 rings (SSSR count). The number of alkyl halides is 3. The Bertz CT molecular complexity index is 660. The van der Waals surface area contributed by atoms with Crippen molar-refractivity contribution in [3.63, 3.8) is 0 Å². The topological polar surface area (TPSA) is 47.0 Å². The second kappa shape index (κ2) is 7.04. The number of rotatable bonds is 5. The molecular weight excluding hydrogens is 331 g/mol. The fraction of sp³-hybridized carbons (Fsp3) is 0.333. The van der Waals surface area contributed by atoms with E-state index in [1.54, 1.807) is 24.3 Å². The monoisotopic (exact) mass is 345 g/mol. The average Bonchev–Trinajstić information content (AvgIpc) is 2.46. The molecule has 1 aromatic heterocycles. The van der Waals surface area contributed by atoms with Gasteiger partial charge in [-0.25, -0.2) is 4.98 Å². The molecule has 124 valence electrons. The third-order valence-corrected chi connectivity index (χ3v) is 2.96. The predicted octanol–water partition coefficient (Wildman–Crippen LogP) is 4.93. The summed E-state index contributed by atoms with van der Waals surface area (Å²) in [4.78, 5) is 7.53. The van der Waals surface area contributed by atoms with Crippen molar-refractivity contribution >= 4 is 23.2 Å². The van der Waals surface area contributed by atoms with Crippen molar-refractivity contribution in [3.8, 4) is 5.88 Å². The van der Waals surface area contributed by atoms with E-state index < -0.39 is 17.6 Å². The highest BCUT2D eigenvalue weighted by Crippen LogP contribution is 2.35. The number of benzene rings is 1. The third kappa shape index (κ3) is 4.99. The zero-order chi connectivity index (χ0) is 17.0. The number of aromatic nitrogens is 2. The molecule has 1 heterocycles. The Morgan fingerprint density at radius 2 is 1.87 bits per heavy atom. The molecule has 0 saturated carbocycles. The van der Waals surface area contributed by atoms with Crippen LogP contribution in [-0.4, -0.2) is 16.6 Å². The van der Waals surface area contributed by atoms with Gasteiger partial charge >= 0.3 is 6.18 Å². The van der Waals surface area contributed by atoms with Crippen LogP contribution in [0.2, 0.25) is 5.02 Å². The van der Waals surface area contributed by atoms with Crippen LogP contribution in [0.1, 0.15) is 19.4 Å². The number of hydrogen-bond acceptors (Lipinski definition) is 4. The molecule has 0 amide bonds. The number of halogens is 4. The lowest BCUT2D eigenvalue weighted by Gasteiger charge is -2.15. The Morgan fingerprint density at radius 3 is 2.43 bits per heavy atom. The van der Waals surface area contributed by atoms with E-state index in [1.165, 1.54) is 0 Å². The molecule has 4 nitrogen and oxygen atoms in total. The summed E-state index contributed by atoms with van der Waals surface area (Å²) >= 11 is 5.78. The second-order valence-corrected chi connectivity index (χ2v) is 5.68. The van der Waals surface area contributed by atoms with Gasteiger partial charge in [0.05, 0.1) is 6.61 Å². The molecule has 0 radical (unpaired) electrons. The number of nitrogens with one attached hydrogen (secondary N) is 1. The Labute approximate surface area is 136 Å². The standard InChI is InChI=1S/C15H15ClF3N3O/c1-9(2)8-23-13-12(15(17,18)19)7-20-14(22-13)21-11-5-3-10(16)4-6-11/h3-7,9H,8H2,1-2H3,(H,20,21,22). The molecule has 8 heteroatoms. The van der Waals surface area contributed by atoms with Gasteiger partial charge in [0, 0.05) is 16.9 Å². The van der Waals surface area contributed by atoms with Crippen LogP contribution < -0.4 is 10.1 Å². The molecule has 0 unspecified atom stereocenters. The average molecular weight is 346 g/mol. The van der Waals surface area contributed by atoms with Crippen LogP contribution in [0.15, 0.2) is 30.5 Å². The van der Waals surface area contributed by atoms with Crippen LogP contribution >= 0.6 is 11.6 Å². The van der Waals surface area contributed by atoms with Crippen molar-refractivity contribution in [2.75, 3.05) is 11.9 Å². The first-order valence-corrected chi connectivity index (χ1v) is 7.23. The van der Waals surface area contributed by atoms with Crippen LogP contribution in [0.3, 0.4) is 0 Å². The zero-order valence-corrected chi connectivity index (χ0v) is 13.2. The molecule has 0 saturated heterocycles. The van der Waals surface area contributed by atoms with E-state index in [2.05, 4.69) is 15.3 Å². The summed E-state index contributed by atoms with van der Waals surface area (Å²) in [6.07, 6.45) is -3.87. The van der Waals surface area contributed by atoms with E-state index in [0.29, 0.717) is 16.9 Å². The maximum Gasteiger partial charge on any atom is 0.423 e. The summed E-state index contributed by atoms with van der Waals surface area (Å²) in [7, 11) is 0. The lowest BCUT2D eigenvalue weighted by Crippen LogP contribution is -2.14. The highest BCUT2D eigenvalue weighted by Gasteiger charge is 2.36. The van der Waals surface area contributed by atoms with Gasteiger partial charge < -0.3 is 10.1 Å². The largest absolute Gasteiger partial charge is 0.477 e. The maximum absolute atomic E-state index is 13.0. The minimum Gasteiger partial charge on any atom is -0.477 e. The van der Waals surface area contributed by atoms with Gasteiger partial charge in [0.25, 0.3) is 0 Å². The van der Waals surface area contributed by atoms with E-state index in [4.69, 9.17) is 16.3 Å². The number of anilines is 2. The molecule has 0 aliphatic rings. The summed E-state index contributed by atoms with van der Waals surface area (Å²) in [5.41, 5.74) is -0.399. The van der Waals surface area contributed by atoms with Crippen LogP contribution in [-0.2, 0) is 6.18 Å². The highest BCUT2D eigenvalue weighted by atomic mass is 35.5. The van der Waals surface area contributed by atoms with E-state index >= 15 is 0 Å². The number of nitrogens with zero attached hydrogens (tertiary/aromatic N) is 2. The maximum atomic E-state index is 13.0. The molecule has 0 aliphatic carbocycles. The number of hydrogen-bond donors (Lipinski definition) is 1. The summed E-state index contributed by atoms with van der Waals surface area (Å²) in [5, 5.41) is 3.36. The molecular formula is C15H15ClF3N3O. The van der Waals surface area contributed by atoms with Crippen LogP contribution in [0, 0.1) is 5.92 Å². The van der Waals surface area contributed by atoms with Gasteiger partial charge in [-0.15, -0.1) is 0 Å². The van der Waals surface area contributed by atoms with Crippen molar-refractivity contribution in [3.05, 3.63) is 41.0 Å². The van der Waals surface area contributed by atoms with Gasteiger partial charge in [0.2, 0.25) is 11.8 Å². The fourth-order valence-electron chi connectivity index (χ4n) is 1.64. The van der Waals surface area contributed by atoms with Crippen LogP contribution in [0.4, 0.5) is 24.8 Å². The molecule has 0 aliphatic heterocycles. The minimum absolute atomic E-state index is 0.0130. The first-order chi connectivity index (χ1) is 10.8. The summed E-state index contributed by atoms with van der Waals surface area (Å²) in [6.45, 7) is 3.79. The highest BCUT2D eigenvalue weighted by molar-refractivity contribution is 6.30. The summed E-state index contributed by atoms with van der Waals surface area (Å²) < 4.78 is 44.1. The Morgan fingerprint density at radius 1 is 1.22 bits per heavy atom. The Balaban J connectivity index is 2.27. The minimum atomic E-state index is -4.58. The van der Waals surface area contributed by atoms with E-state index in [-0.39, 0.29) is 18.5 Å². The fourth-order valence-corrected chi connectivity index (χ4v) is 1.76. The smallest absolute Gasteiger partial charge is 0.423 e. The van der Waals surface area contributed by atoms with Gasteiger partial charge in [-0.05, 0) is 30.2 Å². The number of ether oxygens (including phenoxy) is 1. The third-order valence-electron chi connectivity index (χ3n) is 2.71. The van der Waals surface area contributed by atoms with Gasteiger partial charge in [-0.1, -0.05) is 25.4 Å². The molecule has 0 fully saturated rings. The van der Waals surface area contributed by atoms with E-state index in [0.717, 1.165) is 0 Å². The lowest BCUT2D eigenvalue weighted by molar-refractivity contribution is -0.139. The molecule has 23 heavy (non-hydrogen) atoms. The van der Waals surface area contributed by atoms with Crippen LogP contribution in [0.25, 0.3) is 0 Å². The van der Waals surface area contributed by atoms with Gasteiger partial charge in [0.15, 0.2) is 0 Å². The molecule has 2 aromatic rings. The van der Waals surface area contributed by atoms with Crippen molar-refractivity contribution in [1.82, 2.24) is 9.97 Å². The van der Waals surface area contributed by atoms with Crippen molar-refractivity contribution in [1.29, 1.82) is 0 Å². The van der Waals surface area contributed by atoms with Crippen molar-refractivity contribution in [2.45, 2.75) is 20.0 Å². The van der Waals surface area contributed by atoms with E-state index in [9.17, 15) is 13.2 Å². The van der Waals surface area contributed by atoms with Crippen molar-refractivity contribution < 1.29 is 17.9 Å². The summed E-state index contributed by atoms with van der Waals surface area (Å²) in [5.74, 6) is -0.407. The van der Waals surface area contributed by atoms with Crippen LogP contribution in [0.5, 0.6) is 5.88 Å². The summed E-state index contributed by atoms with van der Waals surface area (Å²) in [6, 6.07) is 6.62. The first-order valence-electron chi connectivity index (χ1n) is 6.85. The Hall–Kier alpha value is -2.02. The normalized spacial score (nSPS) is 11.6. The van der Waals surface area contributed by atoms with Gasteiger partial charge in [-0.2, -0.15) is 18.2 Å². The second-order valence-electron chi connectivity index (χ2n) is 5.25. The lowest BCUT2D eigenvalue weighted by atomic mass is 10.2. The molecule has 0 spiro atoms. The predicted molar refractivity (Wildman–Crippen MR) is 82.1 cm³/mol. The van der Waals surface area contributed by atoms with E-state index in [1.807, 2.05) is 13.8 Å². The van der Waals surface area contributed by atoms with Crippen molar-refractivity contribution in [2.24, 2.45) is 5.92 Å². The zero-order valence-electron chi connectivity index (χ0n) is 12.5. The Kier molecular flexibility index (Phi) is 5.30. The molecule has 1 aromatic carbocycles. The SMILES string of the molecule is CC(C)COc1nc(Nc2ccc(Cl)cc2)ncc1C(F)(F)F. The van der Waals surface area contributed by atoms with Gasteiger partial charge in [0.1, 0.15) is 5.56 Å². The first kappa shape index (κ1) is 17.3. The van der Waals surface area contributed by atoms with Gasteiger partial charge in [-0.3, -0.25) is 0 Å². The molecule has 0 atom stereocenters.